The van der Waals surface area contributed by atoms with E-state index in [2.05, 4.69) is 0 Å². The van der Waals surface area contributed by atoms with Gasteiger partial charge < -0.3 is 5.11 Å². The number of hydrogen-bond acceptors (Lipinski definition) is 4. The first-order valence-electron chi connectivity index (χ1n) is 3.66. The fourth-order valence-electron chi connectivity index (χ4n) is 0.678. The van der Waals surface area contributed by atoms with Crippen LogP contribution in [0.25, 0.3) is 0 Å². The lowest BCUT2D eigenvalue weighted by Crippen LogP contribution is -2.21. The smallest absolute Gasteiger partial charge is 0.264 e. The molecule has 6 heteroatoms. The van der Waals surface area contributed by atoms with E-state index in [4.69, 9.17) is 9.66 Å². The van der Waals surface area contributed by atoms with Crippen molar-refractivity contribution in [1.29, 1.82) is 0 Å². The van der Waals surface area contributed by atoms with Crippen molar-refractivity contribution in [3.63, 3.8) is 0 Å². The molecule has 0 heterocycles. The maximum Gasteiger partial charge on any atom is 0.264 e. The zero-order valence-electron chi connectivity index (χ0n) is 7.17. The monoisotopic (exact) mass is 208 g/mol. The maximum absolute atomic E-state index is 10.8. The standard InChI is InChI=1S/C7H12O5S/c1-2-3-6(8)7(9)4-5-13(10,11)12/h2-3,7,9H,4-5H2,1H3,(H,10,11,12). The molecule has 0 rings (SSSR count). The summed E-state index contributed by atoms with van der Waals surface area (Å²) in [5.41, 5.74) is 0. The second kappa shape index (κ2) is 5.11. The maximum atomic E-state index is 10.8. The van der Waals surface area contributed by atoms with E-state index in [0.717, 1.165) is 6.08 Å². The van der Waals surface area contributed by atoms with E-state index >= 15 is 0 Å². The number of carbonyl (C=O) groups excluding carboxylic acids is 1. The minimum Gasteiger partial charge on any atom is -0.385 e. The van der Waals surface area contributed by atoms with E-state index in [-0.39, 0.29) is 6.42 Å². The largest absolute Gasteiger partial charge is 0.385 e. The van der Waals surface area contributed by atoms with Crippen LogP contribution in [0.4, 0.5) is 0 Å². The number of hydrogen-bond donors (Lipinski definition) is 2. The molecule has 13 heavy (non-hydrogen) atoms. The van der Waals surface area contributed by atoms with Crippen molar-refractivity contribution in [3.05, 3.63) is 12.2 Å². The molecule has 0 aromatic rings. The first-order chi connectivity index (χ1) is 5.87. The van der Waals surface area contributed by atoms with Gasteiger partial charge in [-0.3, -0.25) is 9.35 Å². The molecule has 0 saturated carbocycles. The lowest BCUT2D eigenvalue weighted by atomic mass is 10.2. The molecule has 5 nitrogen and oxygen atoms in total. The average molecular weight is 208 g/mol. The van der Waals surface area contributed by atoms with Gasteiger partial charge in [0.25, 0.3) is 10.1 Å². The average Bonchev–Trinajstić information content (AvgIpc) is 1.99. The van der Waals surface area contributed by atoms with Crippen molar-refractivity contribution in [3.8, 4) is 0 Å². The van der Waals surface area contributed by atoms with Crippen LogP contribution in [0.3, 0.4) is 0 Å². The normalized spacial score (nSPS) is 14.7. The van der Waals surface area contributed by atoms with Crippen LogP contribution in [0.2, 0.25) is 0 Å². The summed E-state index contributed by atoms with van der Waals surface area (Å²) in [4.78, 5) is 10.8. The molecule has 0 aliphatic carbocycles. The van der Waals surface area contributed by atoms with E-state index in [0.29, 0.717) is 0 Å². The molecule has 0 aliphatic rings. The number of rotatable bonds is 5. The quantitative estimate of drug-likeness (QED) is 0.481. The molecule has 0 radical (unpaired) electrons. The SMILES string of the molecule is CC=CC(=O)C(O)CCS(=O)(=O)O. The van der Waals surface area contributed by atoms with Gasteiger partial charge in [-0.15, -0.1) is 0 Å². The Morgan fingerprint density at radius 3 is 2.46 bits per heavy atom. The van der Waals surface area contributed by atoms with E-state index < -0.39 is 27.8 Å². The highest BCUT2D eigenvalue weighted by atomic mass is 32.2. The predicted molar refractivity (Wildman–Crippen MR) is 46.9 cm³/mol. The predicted octanol–water partition coefficient (Wildman–Crippen LogP) is -0.230. The number of aliphatic hydroxyl groups excluding tert-OH is 1. The summed E-state index contributed by atoms with van der Waals surface area (Å²) in [5, 5.41) is 9.04. The minimum absolute atomic E-state index is 0.290. The topological polar surface area (TPSA) is 91.7 Å². The third kappa shape index (κ3) is 6.44. The van der Waals surface area contributed by atoms with Crippen molar-refractivity contribution < 1.29 is 22.9 Å². The second-order valence-electron chi connectivity index (χ2n) is 2.49. The van der Waals surface area contributed by atoms with Gasteiger partial charge in [0.05, 0.1) is 5.75 Å². The van der Waals surface area contributed by atoms with Crippen LogP contribution in [-0.2, 0) is 14.9 Å². The van der Waals surface area contributed by atoms with Gasteiger partial charge in [0.1, 0.15) is 6.10 Å². The van der Waals surface area contributed by atoms with Crippen LogP contribution >= 0.6 is 0 Å². The highest BCUT2D eigenvalue weighted by molar-refractivity contribution is 7.85. The zero-order chi connectivity index (χ0) is 10.5. The zero-order valence-corrected chi connectivity index (χ0v) is 7.99. The summed E-state index contributed by atoms with van der Waals surface area (Å²) >= 11 is 0. The van der Waals surface area contributed by atoms with Gasteiger partial charge in [0.2, 0.25) is 0 Å². The van der Waals surface area contributed by atoms with Crippen LogP contribution in [0.15, 0.2) is 12.2 Å². The Kier molecular flexibility index (Phi) is 4.82. The Bertz CT molecular complexity index is 290. The molecule has 0 aliphatic heterocycles. The molecule has 1 atom stereocenters. The van der Waals surface area contributed by atoms with Crippen LogP contribution in [0.5, 0.6) is 0 Å². The van der Waals surface area contributed by atoms with Crippen LogP contribution < -0.4 is 0 Å². The lowest BCUT2D eigenvalue weighted by Gasteiger charge is -2.04. The van der Waals surface area contributed by atoms with Crippen molar-refractivity contribution in [2.75, 3.05) is 5.75 Å². The van der Waals surface area contributed by atoms with Crippen molar-refractivity contribution >= 4 is 15.9 Å². The molecule has 0 aromatic carbocycles. The highest BCUT2D eigenvalue weighted by Crippen LogP contribution is 1.98. The van der Waals surface area contributed by atoms with Crippen LogP contribution in [0, 0.1) is 0 Å². The molecule has 76 valence electrons. The summed E-state index contributed by atoms with van der Waals surface area (Å²) in [6.07, 6.45) is 0.938. The number of allylic oxidation sites excluding steroid dienone is 1. The minimum atomic E-state index is -4.10. The van der Waals surface area contributed by atoms with Crippen molar-refractivity contribution in [2.24, 2.45) is 0 Å². The summed E-state index contributed by atoms with van der Waals surface area (Å²) in [6, 6.07) is 0. The highest BCUT2D eigenvalue weighted by Gasteiger charge is 2.15. The molecule has 0 saturated heterocycles. The Morgan fingerprint density at radius 1 is 1.54 bits per heavy atom. The number of aliphatic hydroxyl groups is 1. The fourth-order valence-corrected chi connectivity index (χ4v) is 1.20. The Balaban J connectivity index is 4.02. The van der Waals surface area contributed by atoms with Crippen molar-refractivity contribution in [1.82, 2.24) is 0 Å². The Hall–Kier alpha value is -0.720. The van der Waals surface area contributed by atoms with Gasteiger partial charge >= 0.3 is 0 Å². The molecule has 0 amide bonds. The molecule has 0 aromatic heterocycles. The third-order valence-corrected chi connectivity index (χ3v) is 2.06. The lowest BCUT2D eigenvalue weighted by molar-refractivity contribution is -0.122. The Labute approximate surface area is 76.8 Å². The first kappa shape index (κ1) is 12.3. The second-order valence-corrected chi connectivity index (χ2v) is 4.06. The van der Waals surface area contributed by atoms with E-state index in [1.807, 2.05) is 0 Å². The molecular formula is C7H12O5S. The molecule has 2 N–H and O–H groups in total. The summed E-state index contributed by atoms with van der Waals surface area (Å²) in [5.74, 6) is -1.18. The van der Waals surface area contributed by atoms with Gasteiger partial charge in [-0.2, -0.15) is 8.42 Å². The van der Waals surface area contributed by atoms with Gasteiger partial charge in [-0.05, 0) is 19.4 Å². The van der Waals surface area contributed by atoms with Gasteiger partial charge in [0.15, 0.2) is 5.78 Å². The molecule has 0 spiro atoms. The van der Waals surface area contributed by atoms with E-state index in [1.54, 1.807) is 6.92 Å². The molecule has 0 bridgehead atoms. The first-order valence-corrected chi connectivity index (χ1v) is 5.27. The van der Waals surface area contributed by atoms with Crippen molar-refractivity contribution in [2.45, 2.75) is 19.4 Å². The van der Waals surface area contributed by atoms with E-state index in [1.165, 1.54) is 6.08 Å². The van der Waals surface area contributed by atoms with E-state index in [9.17, 15) is 13.2 Å². The van der Waals surface area contributed by atoms with Crippen LogP contribution in [0.1, 0.15) is 13.3 Å². The van der Waals surface area contributed by atoms with Gasteiger partial charge in [0, 0.05) is 0 Å². The third-order valence-electron chi connectivity index (χ3n) is 1.31. The fraction of sp³-hybridized carbons (Fsp3) is 0.571. The Morgan fingerprint density at radius 2 is 2.08 bits per heavy atom. The summed E-state index contributed by atoms with van der Waals surface area (Å²) < 4.78 is 28.8. The number of ketones is 1. The van der Waals surface area contributed by atoms with Crippen LogP contribution in [-0.4, -0.2) is 35.7 Å². The summed E-state index contributed by atoms with van der Waals surface area (Å²) in [7, 11) is -4.10. The molecule has 1 unspecified atom stereocenters. The number of carbonyl (C=O) groups is 1. The van der Waals surface area contributed by atoms with Gasteiger partial charge in [-0.1, -0.05) is 6.08 Å². The molecule has 0 fully saturated rings. The summed E-state index contributed by atoms with van der Waals surface area (Å²) in [6.45, 7) is 1.60. The molecular weight excluding hydrogens is 196 g/mol. The van der Waals surface area contributed by atoms with Gasteiger partial charge in [-0.25, -0.2) is 0 Å².